The molecule has 0 spiro atoms. The van der Waals surface area contributed by atoms with E-state index in [9.17, 15) is 18.8 Å². The molecule has 0 aliphatic rings. The summed E-state index contributed by atoms with van der Waals surface area (Å²) in [5, 5.41) is 3.62. The van der Waals surface area contributed by atoms with E-state index in [1.807, 2.05) is 30.5 Å². The van der Waals surface area contributed by atoms with E-state index in [1.54, 1.807) is 19.1 Å². The average Bonchev–Trinajstić information content (AvgIpc) is 2.95. The van der Waals surface area contributed by atoms with Crippen LogP contribution in [-0.2, 0) is 38.4 Å². The van der Waals surface area contributed by atoms with Gasteiger partial charge in [-0.2, -0.15) is 11.8 Å². The third-order valence-corrected chi connectivity index (χ3v) is 7.71. The van der Waals surface area contributed by atoms with Crippen LogP contribution in [0.25, 0.3) is 0 Å². The van der Waals surface area contributed by atoms with Gasteiger partial charge in [-0.1, -0.05) is 36.4 Å². The van der Waals surface area contributed by atoms with Gasteiger partial charge in [-0.25, -0.2) is 15.0 Å². The topological polar surface area (TPSA) is 128 Å². The van der Waals surface area contributed by atoms with Crippen molar-refractivity contribution in [2.45, 2.75) is 56.7 Å². The predicted molar refractivity (Wildman–Crippen MR) is 171 cm³/mol. The van der Waals surface area contributed by atoms with Crippen molar-refractivity contribution in [3.63, 3.8) is 0 Å². The zero-order chi connectivity index (χ0) is 30.4. The molecule has 3 atom stereocenters. The number of alkyl halides is 2. The summed E-state index contributed by atoms with van der Waals surface area (Å²) in [5.74, 6) is 5.10. The summed E-state index contributed by atoms with van der Waals surface area (Å²) in [6, 6.07) is 11.0. The maximum absolute atomic E-state index is 14.0. The number of thioether (sulfide) groups is 1. The van der Waals surface area contributed by atoms with Crippen LogP contribution in [0, 0.1) is 5.82 Å². The predicted octanol–water partition coefficient (Wildman–Crippen LogP) is 4.01. The summed E-state index contributed by atoms with van der Waals surface area (Å²) in [7, 11) is 0. The Morgan fingerprint density at radius 1 is 1.05 bits per heavy atom. The van der Waals surface area contributed by atoms with Crippen LogP contribution >= 0.6 is 47.4 Å². The van der Waals surface area contributed by atoms with Gasteiger partial charge in [-0.3, -0.25) is 14.6 Å². The number of halogens is 4. The molecule has 0 unspecified atom stereocenters. The Hall–Kier alpha value is -2.08. The Bertz CT molecular complexity index is 1150. The van der Waals surface area contributed by atoms with Gasteiger partial charge in [0.25, 0.3) is 5.91 Å². The number of hydrogen-bond acceptors (Lipinski definition) is 7. The lowest BCUT2D eigenvalue weighted by Crippen LogP contribution is -2.66. The molecule has 2 amide bonds. The number of carbonyl (C=O) groups is 3. The van der Waals surface area contributed by atoms with Gasteiger partial charge in [0.05, 0.1) is 12.6 Å². The number of aryl methyl sites for hydroxylation is 1. The Kier molecular flexibility index (Phi) is 17.4. The number of carbonyl (C=O) groups excluding carboxylic acids is 3. The fraction of sp³-hybridized carbons (Fsp3) is 0.483. The molecule has 234 valence electrons. The second kappa shape index (κ2) is 19.2. The molecule has 2 aromatic carbocycles. The molecule has 0 saturated carbocycles. The number of esters is 1. The minimum atomic E-state index is -1.53. The normalized spacial score (nSPS) is 13.7. The van der Waals surface area contributed by atoms with E-state index < -0.39 is 41.2 Å². The Morgan fingerprint density at radius 2 is 1.71 bits per heavy atom. The van der Waals surface area contributed by atoms with Gasteiger partial charge < -0.3 is 15.8 Å². The van der Waals surface area contributed by atoms with E-state index in [2.05, 4.69) is 5.32 Å². The highest BCUT2D eigenvalue weighted by atomic mass is 35.5. The van der Waals surface area contributed by atoms with Gasteiger partial charge in [-0.05, 0) is 73.4 Å². The van der Waals surface area contributed by atoms with Gasteiger partial charge >= 0.3 is 5.97 Å². The summed E-state index contributed by atoms with van der Waals surface area (Å²) in [6.45, 7) is 1.76. The molecule has 0 saturated heterocycles. The molecule has 2 aromatic rings. The molecule has 0 bridgehead atoms. The minimum absolute atomic E-state index is 0. The summed E-state index contributed by atoms with van der Waals surface area (Å²) >= 11 is 13.5. The first kappa shape index (κ1) is 37.9. The zero-order valence-corrected chi connectivity index (χ0v) is 27.0. The van der Waals surface area contributed by atoms with Crippen LogP contribution in [0.1, 0.15) is 36.5 Å². The van der Waals surface area contributed by atoms with Crippen molar-refractivity contribution < 1.29 is 23.5 Å². The molecule has 0 radical (unpaired) electrons. The minimum Gasteiger partial charge on any atom is -0.464 e. The van der Waals surface area contributed by atoms with Gasteiger partial charge in [-0.15, -0.1) is 35.6 Å². The summed E-state index contributed by atoms with van der Waals surface area (Å²) in [5.41, 5.74) is 7.04. The monoisotopic (exact) mass is 664 g/mol. The number of rotatable bonds is 17. The van der Waals surface area contributed by atoms with Gasteiger partial charge in [0.2, 0.25) is 5.91 Å². The van der Waals surface area contributed by atoms with E-state index in [4.69, 9.17) is 39.5 Å². The molecule has 0 heterocycles. The van der Waals surface area contributed by atoms with Crippen molar-refractivity contribution in [3.05, 3.63) is 71.0 Å². The van der Waals surface area contributed by atoms with Crippen LogP contribution in [0.3, 0.4) is 0 Å². The third kappa shape index (κ3) is 10.9. The standard InChI is InChI=1S/C29H39Cl2FN4O4S.ClH/c1-3-40-28(39)29(12-15-31,13-16-41-2)36(34)27(38)25(19-22-6-4-5-20(17-22)11-14-30)35-26(37)24(33)18-21-7-9-23(32)10-8-21;/h4-10,17,24-25H,3,11-16,18-19,33-34H2,1-2H3,(H,35,37);1H/t24-,25-,29-;/m0./s1. The number of hydrazine groups is 1. The van der Waals surface area contributed by atoms with Crippen LogP contribution < -0.4 is 16.9 Å². The first-order valence-electron chi connectivity index (χ1n) is 13.4. The lowest BCUT2D eigenvalue weighted by atomic mass is 9.90. The average molecular weight is 666 g/mol. The molecule has 42 heavy (non-hydrogen) atoms. The highest BCUT2D eigenvalue weighted by Gasteiger charge is 2.47. The highest BCUT2D eigenvalue weighted by Crippen LogP contribution is 2.28. The molecule has 13 heteroatoms. The van der Waals surface area contributed by atoms with E-state index in [0.717, 1.165) is 16.1 Å². The molecular weight excluding hydrogens is 626 g/mol. The fourth-order valence-corrected chi connectivity index (χ4v) is 5.52. The van der Waals surface area contributed by atoms with Crippen molar-refractivity contribution in [2.75, 3.05) is 30.4 Å². The zero-order valence-electron chi connectivity index (χ0n) is 23.8. The number of nitrogens with two attached hydrogens (primary N) is 2. The molecule has 8 nitrogen and oxygen atoms in total. The van der Waals surface area contributed by atoms with Crippen LogP contribution in [0.2, 0.25) is 0 Å². The van der Waals surface area contributed by atoms with Crippen LogP contribution in [0.15, 0.2) is 48.5 Å². The maximum atomic E-state index is 14.0. The van der Waals surface area contributed by atoms with E-state index in [-0.39, 0.29) is 50.6 Å². The number of amides is 2. The molecule has 0 fully saturated rings. The second-order valence-electron chi connectivity index (χ2n) is 9.60. The molecule has 0 aliphatic heterocycles. The van der Waals surface area contributed by atoms with E-state index in [0.29, 0.717) is 23.6 Å². The first-order chi connectivity index (χ1) is 19.6. The number of ether oxygens (including phenoxy) is 1. The van der Waals surface area contributed by atoms with E-state index in [1.165, 1.54) is 23.9 Å². The first-order valence-corrected chi connectivity index (χ1v) is 15.8. The fourth-order valence-electron chi connectivity index (χ4n) is 4.44. The lowest BCUT2D eigenvalue weighted by molar-refractivity contribution is -0.166. The quantitative estimate of drug-likeness (QED) is 0.0766. The number of nitrogens with one attached hydrogen (secondary N) is 1. The number of hydrogen-bond donors (Lipinski definition) is 3. The van der Waals surface area contributed by atoms with Crippen molar-refractivity contribution in [2.24, 2.45) is 11.6 Å². The molecule has 2 rings (SSSR count). The molecule has 0 aliphatic carbocycles. The van der Waals surface area contributed by atoms with Crippen molar-refractivity contribution in [1.82, 2.24) is 10.3 Å². The van der Waals surface area contributed by atoms with Gasteiger partial charge in [0, 0.05) is 18.2 Å². The van der Waals surface area contributed by atoms with Crippen molar-refractivity contribution in [3.8, 4) is 0 Å². The van der Waals surface area contributed by atoms with Crippen molar-refractivity contribution in [1.29, 1.82) is 0 Å². The number of benzene rings is 2. The van der Waals surface area contributed by atoms with Crippen LogP contribution in [0.4, 0.5) is 4.39 Å². The Balaban J connectivity index is 0.00000882. The summed E-state index contributed by atoms with van der Waals surface area (Å²) in [4.78, 5) is 40.5. The number of nitrogens with zero attached hydrogens (tertiary/aromatic N) is 1. The Morgan fingerprint density at radius 3 is 2.31 bits per heavy atom. The Labute approximate surface area is 267 Å². The van der Waals surface area contributed by atoms with Gasteiger partial charge in [0.1, 0.15) is 11.9 Å². The lowest BCUT2D eigenvalue weighted by Gasteiger charge is -2.40. The van der Waals surface area contributed by atoms with Crippen LogP contribution in [0.5, 0.6) is 0 Å². The SMILES string of the molecule is CCOC(=O)[C@](CCCl)(CCSC)N(N)C(=O)[C@H](Cc1cccc(CCCl)c1)NC(=O)[C@@H](N)Cc1ccc(F)cc1.Cl. The second-order valence-corrected chi connectivity index (χ2v) is 11.3. The molecular formula is C29H40Cl3FN4O4S. The summed E-state index contributed by atoms with van der Waals surface area (Å²) < 4.78 is 18.7. The van der Waals surface area contributed by atoms with Crippen molar-refractivity contribution >= 4 is 65.2 Å². The van der Waals surface area contributed by atoms with Gasteiger partial charge in [0.15, 0.2) is 5.54 Å². The van der Waals surface area contributed by atoms with Crippen LogP contribution in [-0.4, -0.2) is 70.8 Å². The molecule has 5 N–H and O–H groups in total. The third-order valence-electron chi connectivity index (χ3n) is 6.72. The van der Waals surface area contributed by atoms with E-state index >= 15 is 0 Å². The highest BCUT2D eigenvalue weighted by molar-refractivity contribution is 7.98. The summed E-state index contributed by atoms with van der Waals surface area (Å²) in [6.07, 6.45) is 2.97. The molecule has 0 aromatic heterocycles. The smallest absolute Gasteiger partial charge is 0.333 e. The largest absolute Gasteiger partial charge is 0.464 e. The maximum Gasteiger partial charge on any atom is 0.333 e.